The van der Waals surface area contributed by atoms with E-state index in [-0.39, 0.29) is 6.42 Å². The number of unbranched alkanes of at least 4 members (excludes halogenated alkanes) is 1. The third kappa shape index (κ3) is 5.62. The second kappa shape index (κ2) is 9.80. The lowest BCUT2D eigenvalue weighted by molar-refractivity contribution is -0.153. The fraction of sp³-hybridized carbons (Fsp3) is 0.273. The minimum absolute atomic E-state index is 0.247. The van der Waals surface area contributed by atoms with Crippen LogP contribution in [0.2, 0.25) is 0 Å². The molecule has 0 saturated carbocycles. The second-order valence-electron chi connectivity index (χ2n) is 6.56. The van der Waals surface area contributed by atoms with Gasteiger partial charge in [-0.2, -0.15) is 5.26 Å². The number of hydrogen-bond acceptors (Lipinski definition) is 6. The van der Waals surface area contributed by atoms with Crippen molar-refractivity contribution in [3.63, 3.8) is 0 Å². The molecule has 1 N–H and O–H groups in total. The van der Waals surface area contributed by atoms with Crippen LogP contribution >= 0.6 is 11.3 Å². The molecule has 0 saturated heterocycles. The minimum atomic E-state index is -0.932. The van der Waals surface area contributed by atoms with Gasteiger partial charge in [0.05, 0.1) is 26.5 Å². The minimum Gasteiger partial charge on any atom is -0.453 e. The molecule has 0 unspecified atom stereocenters. The zero-order chi connectivity index (χ0) is 20.6. The summed E-state index contributed by atoms with van der Waals surface area (Å²) in [6.45, 7) is 1.52. The van der Waals surface area contributed by atoms with E-state index in [2.05, 4.69) is 16.4 Å². The molecule has 148 valence electrons. The molecule has 3 rings (SSSR count). The van der Waals surface area contributed by atoms with Crippen molar-refractivity contribution in [2.45, 2.75) is 38.7 Å². The molecule has 3 aromatic rings. The van der Waals surface area contributed by atoms with E-state index in [1.54, 1.807) is 35.6 Å². The van der Waals surface area contributed by atoms with Gasteiger partial charge in [-0.3, -0.25) is 9.59 Å². The van der Waals surface area contributed by atoms with E-state index in [0.29, 0.717) is 17.7 Å². The first kappa shape index (κ1) is 20.5. The summed E-state index contributed by atoms with van der Waals surface area (Å²) >= 11 is 1.67. The molecule has 0 radical (unpaired) electrons. The van der Waals surface area contributed by atoms with Gasteiger partial charge in [0.25, 0.3) is 5.91 Å². The van der Waals surface area contributed by atoms with E-state index in [0.717, 1.165) is 23.4 Å². The van der Waals surface area contributed by atoms with Crippen LogP contribution in [0.4, 0.5) is 5.69 Å². The summed E-state index contributed by atoms with van der Waals surface area (Å²) in [5.41, 5.74) is 1.76. The highest BCUT2D eigenvalue weighted by molar-refractivity contribution is 7.18. The van der Waals surface area contributed by atoms with Gasteiger partial charge < -0.3 is 10.1 Å². The fourth-order valence-electron chi connectivity index (χ4n) is 2.81. The number of anilines is 1. The first-order chi connectivity index (χ1) is 14.1. The molecular weight excluding hydrogens is 386 g/mol. The topological polar surface area (TPSA) is 92.1 Å². The number of carbonyl (C=O) groups excluding carboxylic acids is 2. The maximum absolute atomic E-state index is 12.2. The molecule has 0 fully saturated rings. The van der Waals surface area contributed by atoms with Crippen molar-refractivity contribution < 1.29 is 14.3 Å². The summed E-state index contributed by atoms with van der Waals surface area (Å²) in [7, 11) is 0. The number of aryl methyl sites for hydroxylation is 1. The van der Waals surface area contributed by atoms with Crippen LogP contribution in [0.25, 0.3) is 10.2 Å². The Balaban J connectivity index is 1.40. The Hall–Kier alpha value is -3.24. The number of esters is 1. The monoisotopic (exact) mass is 407 g/mol. The molecule has 1 heterocycles. The first-order valence-corrected chi connectivity index (χ1v) is 10.2. The van der Waals surface area contributed by atoms with Gasteiger partial charge in [0, 0.05) is 6.42 Å². The zero-order valence-electron chi connectivity index (χ0n) is 16.1. The SMILES string of the molecule is C[C@@H](OC(=O)CCCCc1nc2ccccc2s1)C(=O)Nc1ccccc1C#N. The molecule has 7 heteroatoms. The van der Waals surface area contributed by atoms with Crippen LogP contribution < -0.4 is 5.32 Å². The lowest BCUT2D eigenvalue weighted by atomic mass is 10.2. The van der Waals surface area contributed by atoms with E-state index in [9.17, 15) is 9.59 Å². The largest absolute Gasteiger partial charge is 0.453 e. The molecule has 1 atom stereocenters. The van der Waals surface area contributed by atoms with Crippen LogP contribution in [-0.2, 0) is 20.7 Å². The number of nitriles is 1. The Morgan fingerprint density at radius 3 is 2.72 bits per heavy atom. The van der Waals surface area contributed by atoms with Gasteiger partial charge in [-0.1, -0.05) is 24.3 Å². The average Bonchev–Trinajstić information content (AvgIpc) is 3.14. The van der Waals surface area contributed by atoms with E-state index >= 15 is 0 Å². The Bertz CT molecular complexity index is 1020. The smallest absolute Gasteiger partial charge is 0.306 e. The van der Waals surface area contributed by atoms with Gasteiger partial charge >= 0.3 is 5.97 Å². The Kier molecular flexibility index (Phi) is 6.93. The zero-order valence-corrected chi connectivity index (χ0v) is 16.9. The summed E-state index contributed by atoms with van der Waals surface area (Å²) in [5, 5.41) is 12.8. The number of ether oxygens (including phenoxy) is 1. The normalized spacial score (nSPS) is 11.6. The number of thiazole rings is 1. The van der Waals surface area contributed by atoms with Crippen LogP contribution in [0.3, 0.4) is 0 Å². The predicted octanol–water partition coefficient (Wildman–Crippen LogP) is 4.45. The number of carbonyl (C=O) groups is 2. The molecule has 0 aliphatic carbocycles. The van der Waals surface area contributed by atoms with Crippen molar-refractivity contribution in [1.82, 2.24) is 4.98 Å². The van der Waals surface area contributed by atoms with Gasteiger partial charge in [0.1, 0.15) is 6.07 Å². The number of hydrogen-bond donors (Lipinski definition) is 1. The summed E-state index contributed by atoms with van der Waals surface area (Å²) in [6, 6.07) is 16.7. The predicted molar refractivity (Wildman–Crippen MR) is 113 cm³/mol. The van der Waals surface area contributed by atoms with Crippen molar-refractivity contribution in [2.75, 3.05) is 5.32 Å². The van der Waals surface area contributed by atoms with Gasteiger partial charge in [0.15, 0.2) is 6.10 Å². The van der Waals surface area contributed by atoms with Crippen LogP contribution in [0.1, 0.15) is 36.8 Å². The number of rotatable bonds is 8. The number of benzene rings is 2. The Morgan fingerprint density at radius 2 is 1.93 bits per heavy atom. The van der Waals surface area contributed by atoms with Crippen molar-refractivity contribution in [1.29, 1.82) is 5.26 Å². The number of amides is 1. The highest BCUT2D eigenvalue weighted by Crippen LogP contribution is 2.23. The summed E-state index contributed by atoms with van der Waals surface area (Å²) in [4.78, 5) is 28.8. The molecular formula is C22H21N3O3S. The maximum Gasteiger partial charge on any atom is 0.306 e. The fourth-order valence-corrected chi connectivity index (χ4v) is 3.82. The van der Waals surface area contributed by atoms with E-state index in [4.69, 9.17) is 10.00 Å². The number of fused-ring (bicyclic) bond motifs is 1. The number of nitrogens with zero attached hydrogens (tertiary/aromatic N) is 2. The number of para-hydroxylation sites is 2. The standard InChI is InChI=1S/C22H21N3O3S/c1-15(22(27)25-17-9-3-2-8-16(17)14-23)28-21(26)13-7-6-12-20-24-18-10-4-5-11-19(18)29-20/h2-5,8-11,15H,6-7,12-13H2,1H3,(H,25,27)/t15-/m1/s1. The average molecular weight is 407 g/mol. The third-order valence-electron chi connectivity index (χ3n) is 4.34. The lowest BCUT2D eigenvalue weighted by Crippen LogP contribution is -2.30. The van der Waals surface area contributed by atoms with E-state index < -0.39 is 18.0 Å². The van der Waals surface area contributed by atoms with Gasteiger partial charge in [0.2, 0.25) is 0 Å². The van der Waals surface area contributed by atoms with E-state index in [1.165, 1.54) is 11.6 Å². The quantitative estimate of drug-likeness (QED) is 0.440. The van der Waals surface area contributed by atoms with Crippen molar-refractivity contribution in [3.8, 4) is 6.07 Å². The van der Waals surface area contributed by atoms with Gasteiger partial charge in [-0.15, -0.1) is 11.3 Å². The molecule has 2 aromatic carbocycles. The van der Waals surface area contributed by atoms with Gasteiger partial charge in [-0.25, -0.2) is 4.98 Å². The third-order valence-corrected chi connectivity index (χ3v) is 5.44. The Morgan fingerprint density at radius 1 is 1.17 bits per heavy atom. The molecule has 0 aliphatic rings. The lowest BCUT2D eigenvalue weighted by Gasteiger charge is -2.14. The van der Waals surface area contributed by atoms with Crippen molar-refractivity contribution >= 4 is 39.1 Å². The van der Waals surface area contributed by atoms with Crippen LogP contribution in [0.5, 0.6) is 0 Å². The number of aromatic nitrogens is 1. The first-order valence-electron chi connectivity index (χ1n) is 9.40. The van der Waals surface area contributed by atoms with Crippen LogP contribution in [0, 0.1) is 11.3 Å². The summed E-state index contributed by atoms with van der Waals surface area (Å²) in [6.07, 6.45) is 1.62. The molecule has 0 bridgehead atoms. The second-order valence-corrected chi connectivity index (χ2v) is 7.68. The molecule has 1 amide bonds. The molecule has 0 spiro atoms. The van der Waals surface area contributed by atoms with Crippen LogP contribution in [0.15, 0.2) is 48.5 Å². The highest BCUT2D eigenvalue weighted by atomic mass is 32.1. The van der Waals surface area contributed by atoms with Crippen molar-refractivity contribution in [2.24, 2.45) is 0 Å². The maximum atomic E-state index is 12.2. The highest BCUT2D eigenvalue weighted by Gasteiger charge is 2.18. The van der Waals surface area contributed by atoms with E-state index in [1.807, 2.05) is 24.3 Å². The molecule has 6 nitrogen and oxygen atoms in total. The molecule has 1 aromatic heterocycles. The number of nitrogens with one attached hydrogen (secondary N) is 1. The molecule has 29 heavy (non-hydrogen) atoms. The van der Waals surface area contributed by atoms with Crippen LogP contribution in [-0.4, -0.2) is 23.0 Å². The molecule has 0 aliphatic heterocycles. The summed E-state index contributed by atoms with van der Waals surface area (Å²) < 4.78 is 6.38. The summed E-state index contributed by atoms with van der Waals surface area (Å²) in [5.74, 6) is -0.874. The van der Waals surface area contributed by atoms with Gasteiger partial charge in [-0.05, 0) is 50.5 Å². The Labute approximate surface area is 173 Å². The van der Waals surface area contributed by atoms with Crippen molar-refractivity contribution in [3.05, 3.63) is 59.1 Å².